The minimum atomic E-state index is -3.44. The Kier molecular flexibility index (Phi) is 6.41. The predicted octanol–water partition coefficient (Wildman–Crippen LogP) is 4.21. The van der Waals surface area contributed by atoms with Gasteiger partial charge in [-0.05, 0) is 90.9 Å². The van der Waals surface area contributed by atoms with Gasteiger partial charge in [-0.1, -0.05) is 19.9 Å². The molecule has 4 rings (SSSR count). The van der Waals surface area contributed by atoms with Crippen LogP contribution >= 0.6 is 12.3 Å². The highest BCUT2D eigenvalue weighted by molar-refractivity contribution is 7.90. The summed E-state index contributed by atoms with van der Waals surface area (Å²) in [6.45, 7) is 4.36. The summed E-state index contributed by atoms with van der Waals surface area (Å²) < 4.78 is 39.3. The van der Waals surface area contributed by atoms with E-state index in [1.54, 1.807) is 0 Å². The number of fused-ring (bicyclic) bond motifs is 5. The van der Waals surface area contributed by atoms with E-state index in [2.05, 4.69) is 35.3 Å². The molecule has 5 atom stereocenters. The summed E-state index contributed by atoms with van der Waals surface area (Å²) in [6.07, 6.45) is 7.88. The molecule has 3 aliphatic rings. The first kappa shape index (κ1) is 22.4. The third kappa shape index (κ3) is 4.12. The minimum Gasteiger partial charge on any atom is -0.398 e. The summed E-state index contributed by atoms with van der Waals surface area (Å²) in [5, 5.41) is 0. The zero-order valence-corrected chi connectivity index (χ0v) is 19.4. The van der Waals surface area contributed by atoms with Gasteiger partial charge in [0.1, 0.15) is 5.75 Å². The second kappa shape index (κ2) is 8.60. The zero-order chi connectivity index (χ0) is 21.5. The maximum absolute atomic E-state index is 11.8. The maximum atomic E-state index is 11.8. The van der Waals surface area contributed by atoms with E-state index in [9.17, 15) is 8.42 Å². The molecule has 3 aliphatic carbocycles. The van der Waals surface area contributed by atoms with Crippen LogP contribution in [0.2, 0.25) is 0 Å². The van der Waals surface area contributed by atoms with Crippen LogP contribution in [-0.4, -0.2) is 20.8 Å². The first-order chi connectivity index (χ1) is 14.3. The van der Waals surface area contributed by atoms with E-state index in [0.717, 1.165) is 56.3 Å². The van der Waals surface area contributed by atoms with Gasteiger partial charge in [0.15, 0.2) is 0 Å². The van der Waals surface area contributed by atoms with Crippen LogP contribution in [0.25, 0.3) is 0 Å². The highest BCUT2D eigenvalue weighted by Gasteiger charge is 2.56. The number of benzene rings is 1. The van der Waals surface area contributed by atoms with Crippen molar-refractivity contribution in [2.24, 2.45) is 23.1 Å². The van der Waals surface area contributed by atoms with E-state index in [-0.39, 0.29) is 11.5 Å². The third-order valence-electron chi connectivity index (χ3n) is 7.68. The van der Waals surface area contributed by atoms with Crippen molar-refractivity contribution < 1.29 is 26.1 Å². The fourth-order valence-electron chi connectivity index (χ4n) is 6.39. The molecule has 1 aromatic carbocycles. The topological polar surface area (TPSA) is 97.1 Å². The van der Waals surface area contributed by atoms with Crippen LogP contribution < -0.4 is 10.1 Å². The second-order valence-corrected chi connectivity index (χ2v) is 11.2. The lowest BCUT2D eigenvalue weighted by Crippen LogP contribution is -2.45. The van der Waals surface area contributed by atoms with E-state index in [1.807, 2.05) is 0 Å². The molecule has 0 spiro atoms. The third-order valence-corrected chi connectivity index (χ3v) is 8.65. The fourth-order valence-corrected chi connectivity index (χ4v) is 7.41. The van der Waals surface area contributed by atoms with Gasteiger partial charge < -0.3 is 4.18 Å². The Balaban J connectivity index is 1.58. The molecule has 0 saturated heterocycles. The predicted molar refractivity (Wildman–Crippen MR) is 115 cm³/mol. The number of rotatable bonds is 7. The van der Waals surface area contributed by atoms with Gasteiger partial charge in [-0.25, -0.2) is 0 Å². The van der Waals surface area contributed by atoms with Gasteiger partial charge in [0.2, 0.25) is 0 Å². The van der Waals surface area contributed by atoms with E-state index >= 15 is 0 Å². The van der Waals surface area contributed by atoms with E-state index in [0.29, 0.717) is 30.1 Å². The summed E-state index contributed by atoms with van der Waals surface area (Å²) in [5.74, 6) is 7.26. The van der Waals surface area contributed by atoms with Crippen molar-refractivity contribution in [2.75, 3.05) is 6.26 Å². The molecule has 2 fully saturated rings. The molecule has 30 heavy (non-hydrogen) atoms. The van der Waals surface area contributed by atoms with Crippen LogP contribution in [0.3, 0.4) is 0 Å². The molecule has 7 nitrogen and oxygen atoms in total. The molecule has 0 aromatic heterocycles. The molecule has 168 valence electrons. The lowest BCUT2D eigenvalue weighted by Gasteiger charge is -2.50. The Hall–Kier alpha value is -0.840. The monoisotopic (exact) mass is 457 g/mol. The molecule has 0 bridgehead atoms. The van der Waals surface area contributed by atoms with Gasteiger partial charge in [-0.3, -0.25) is 4.18 Å². The Labute approximate surface area is 183 Å². The van der Waals surface area contributed by atoms with Crippen LogP contribution in [0.15, 0.2) is 12.1 Å². The van der Waals surface area contributed by atoms with Gasteiger partial charge in [0.25, 0.3) is 22.4 Å². The lowest BCUT2D eigenvalue weighted by atomic mass is 9.55. The lowest BCUT2D eigenvalue weighted by molar-refractivity contribution is -0.199. The Morgan fingerprint density at radius 2 is 2.03 bits per heavy atom. The van der Waals surface area contributed by atoms with Crippen molar-refractivity contribution in [1.29, 1.82) is 0 Å². The van der Waals surface area contributed by atoms with Crippen molar-refractivity contribution >= 4 is 22.4 Å². The molecule has 0 aliphatic heterocycles. The SMILES string of the molecule is CCc1cc2c(cc1OSOON)CCC1C2CC[C@@]2(C)C1CC[C@@H]2OS(C)(=O)=O. The van der Waals surface area contributed by atoms with Crippen molar-refractivity contribution in [1.82, 2.24) is 0 Å². The van der Waals surface area contributed by atoms with E-state index < -0.39 is 10.1 Å². The molecular formula is C21H31NO6S2. The molecule has 0 amide bonds. The van der Waals surface area contributed by atoms with Crippen LogP contribution in [-0.2, 0) is 36.5 Å². The first-order valence-electron chi connectivity index (χ1n) is 10.7. The Morgan fingerprint density at radius 3 is 2.73 bits per heavy atom. The molecule has 9 heteroatoms. The van der Waals surface area contributed by atoms with Gasteiger partial charge in [0.05, 0.1) is 12.4 Å². The zero-order valence-electron chi connectivity index (χ0n) is 17.8. The number of aryl methyl sites for hydroxylation is 2. The standard InChI is InChI=1S/C21H31NO6S2/c1-4-13-11-17-14(12-19(13)25-29-28-27-22)5-6-16-15(17)9-10-21(2)18(16)7-8-20(21)26-30(3,23)24/h11-12,15-16,18,20H,4-10,22H2,1-3H3/t15?,16?,18?,20-,21-/m0/s1. The largest absolute Gasteiger partial charge is 0.398 e. The summed E-state index contributed by atoms with van der Waals surface area (Å²) in [7, 11) is -3.44. The van der Waals surface area contributed by atoms with Crippen LogP contribution in [0.4, 0.5) is 0 Å². The summed E-state index contributed by atoms with van der Waals surface area (Å²) in [6, 6.07) is 4.43. The summed E-state index contributed by atoms with van der Waals surface area (Å²) >= 11 is 0.716. The second-order valence-electron chi connectivity index (χ2n) is 9.15. The molecule has 0 radical (unpaired) electrons. The first-order valence-corrected chi connectivity index (χ1v) is 13.2. The molecule has 1 aromatic rings. The van der Waals surface area contributed by atoms with E-state index in [1.165, 1.54) is 17.4 Å². The summed E-state index contributed by atoms with van der Waals surface area (Å²) in [4.78, 5) is 4.10. The highest BCUT2D eigenvalue weighted by Crippen LogP contribution is 2.62. The van der Waals surface area contributed by atoms with Crippen molar-refractivity contribution in [3.05, 3.63) is 28.8 Å². The van der Waals surface area contributed by atoms with E-state index in [4.69, 9.17) is 14.3 Å². The normalized spacial score (nSPS) is 32.9. The Morgan fingerprint density at radius 1 is 1.23 bits per heavy atom. The van der Waals surface area contributed by atoms with Crippen molar-refractivity contribution in [3.8, 4) is 5.75 Å². The Bertz CT molecular complexity index is 892. The molecule has 2 saturated carbocycles. The minimum absolute atomic E-state index is 0.0609. The highest BCUT2D eigenvalue weighted by atomic mass is 32.2. The van der Waals surface area contributed by atoms with Gasteiger partial charge in [0, 0.05) is 0 Å². The van der Waals surface area contributed by atoms with Crippen molar-refractivity contribution in [2.45, 2.75) is 70.8 Å². The number of hydrogen-bond acceptors (Lipinski definition) is 8. The average molecular weight is 458 g/mol. The maximum Gasteiger partial charge on any atom is 0.264 e. The molecule has 0 heterocycles. The van der Waals surface area contributed by atoms with Gasteiger partial charge >= 0.3 is 0 Å². The quantitative estimate of drug-likeness (QED) is 0.214. The average Bonchev–Trinajstić information content (AvgIpc) is 3.02. The fraction of sp³-hybridized carbons (Fsp3) is 0.714. The number of nitrogens with two attached hydrogens (primary N) is 1. The smallest absolute Gasteiger partial charge is 0.264 e. The van der Waals surface area contributed by atoms with Crippen LogP contribution in [0.1, 0.15) is 68.6 Å². The summed E-state index contributed by atoms with van der Waals surface area (Å²) in [5.41, 5.74) is 3.85. The van der Waals surface area contributed by atoms with Gasteiger partial charge in [-0.15, -0.1) is 9.32 Å². The number of hydrogen-bond donors (Lipinski definition) is 1. The van der Waals surface area contributed by atoms with Crippen LogP contribution in [0, 0.1) is 17.3 Å². The van der Waals surface area contributed by atoms with Crippen LogP contribution in [0.5, 0.6) is 5.75 Å². The van der Waals surface area contributed by atoms with Gasteiger partial charge in [-0.2, -0.15) is 14.3 Å². The molecular weight excluding hydrogens is 426 g/mol. The van der Waals surface area contributed by atoms with Crippen molar-refractivity contribution in [3.63, 3.8) is 0 Å². The molecule has 3 unspecified atom stereocenters. The molecule has 2 N–H and O–H groups in total.